The Morgan fingerprint density at radius 2 is 1.53 bits per heavy atom. The van der Waals surface area contributed by atoms with E-state index in [1.54, 1.807) is 0 Å². The first-order valence-electron chi connectivity index (χ1n) is 5.72. The molecule has 3 heteroatoms. The Morgan fingerprint density at radius 1 is 1.07 bits per heavy atom. The lowest BCUT2D eigenvalue weighted by molar-refractivity contribution is 0.138. The topological polar surface area (TPSA) is 9.23 Å². The van der Waals surface area contributed by atoms with Gasteiger partial charge in [-0.25, -0.2) is 0 Å². The minimum absolute atomic E-state index is 0.231. The molecule has 15 heavy (non-hydrogen) atoms. The van der Waals surface area contributed by atoms with Gasteiger partial charge in [-0.2, -0.15) is 0 Å². The van der Waals surface area contributed by atoms with Crippen LogP contribution in [0.4, 0.5) is 0 Å². The molecule has 0 aromatic rings. The molecule has 0 spiro atoms. The van der Waals surface area contributed by atoms with Crippen molar-refractivity contribution in [3.8, 4) is 11.5 Å². The largest absolute Gasteiger partial charge is 0.402 e. The van der Waals surface area contributed by atoms with Crippen LogP contribution in [-0.2, 0) is 4.43 Å². The first-order chi connectivity index (χ1) is 6.47. The third-order valence-corrected chi connectivity index (χ3v) is 3.85. The van der Waals surface area contributed by atoms with E-state index in [4.69, 9.17) is 4.43 Å². The fraction of sp³-hybridized carbons (Fsp3) is 0.833. The summed E-state index contributed by atoms with van der Waals surface area (Å²) in [5.41, 5.74) is 3.19. The summed E-state index contributed by atoms with van der Waals surface area (Å²) in [4.78, 5) is 0. The molecule has 0 rings (SSSR count). The van der Waals surface area contributed by atoms with Crippen molar-refractivity contribution in [2.75, 3.05) is 0 Å². The zero-order valence-electron chi connectivity index (χ0n) is 11.6. The highest BCUT2D eigenvalue weighted by Gasteiger charge is 2.28. The molecule has 1 nitrogen and oxygen atoms in total. The number of hydrogen-bond acceptors (Lipinski definition) is 1. The quantitative estimate of drug-likeness (QED) is 0.539. The fourth-order valence-electron chi connectivity index (χ4n) is 1.18. The first-order valence-corrected chi connectivity index (χ1v) is 12.6. The van der Waals surface area contributed by atoms with Gasteiger partial charge in [0.25, 0.3) is 0 Å². The predicted octanol–water partition coefficient (Wildman–Crippen LogP) is 3.89. The average Bonchev–Trinajstić information content (AvgIpc) is 1.97. The third kappa shape index (κ3) is 7.83. The molecule has 0 aliphatic carbocycles. The zero-order valence-corrected chi connectivity index (χ0v) is 13.6. The van der Waals surface area contributed by atoms with Gasteiger partial charge in [0.05, 0.1) is 0 Å². The maximum absolute atomic E-state index is 6.16. The average molecular weight is 243 g/mol. The second-order valence-corrected chi connectivity index (χ2v) is 15.5. The molecular weight excluding hydrogens is 216 g/mol. The summed E-state index contributed by atoms with van der Waals surface area (Å²) in [7, 11) is -2.78. The van der Waals surface area contributed by atoms with Gasteiger partial charge in [-0.15, -0.1) is 5.54 Å². The molecule has 0 bridgehead atoms. The molecule has 0 amide bonds. The van der Waals surface area contributed by atoms with Gasteiger partial charge in [0.2, 0.25) is 0 Å². The first kappa shape index (κ1) is 15.0. The molecule has 0 fully saturated rings. The Balaban J connectivity index is 4.78. The Hall–Kier alpha value is -0.0462. The summed E-state index contributed by atoms with van der Waals surface area (Å²) in [5, 5.41) is 0. The van der Waals surface area contributed by atoms with Crippen LogP contribution in [0, 0.1) is 11.5 Å². The van der Waals surface area contributed by atoms with Gasteiger partial charge in [0.15, 0.2) is 8.32 Å². The standard InChI is InChI=1S/C12H26OSi2/c1-9-12(2,13-15(6,7)8)10-11-14(3,4)5/h9H2,1-8H3. The molecule has 0 aliphatic heterocycles. The summed E-state index contributed by atoms with van der Waals surface area (Å²) in [6.45, 7) is 17.7. The second kappa shape index (κ2) is 4.86. The van der Waals surface area contributed by atoms with Crippen LogP contribution in [0.2, 0.25) is 39.3 Å². The molecule has 0 aliphatic rings. The van der Waals surface area contributed by atoms with E-state index in [1.165, 1.54) is 0 Å². The highest BCUT2D eigenvalue weighted by molar-refractivity contribution is 6.83. The van der Waals surface area contributed by atoms with Gasteiger partial charge in [-0.1, -0.05) is 32.5 Å². The highest BCUT2D eigenvalue weighted by atomic mass is 28.4. The molecular formula is C12H26OSi2. The number of hydrogen-bond donors (Lipinski definition) is 0. The highest BCUT2D eigenvalue weighted by Crippen LogP contribution is 2.20. The summed E-state index contributed by atoms with van der Waals surface area (Å²) < 4.78 is 6.16. The maximum atomic E-state index is 6.16. The van der Waals surface area contributed by atoms with E-state index in [2.05, 4.69) is 64.6 Å². The van der Waals surface area contributed by atoms with E-state index in [1.807, 2.05) is 0 Å². The molecule has 0 saturated heterocycles. The van der Waals surface area contributed by atoms with Gasteiger partial charge in [-0.05, 0) is 33.0 Å². The van der Waals surface area contributed by atoms with Crippen LogP contribution in [0.3, 0.4) is 0 Å². The summed E-state index contributed by atoms with van der Waals surface area (Å²) in [5.74, 6) is 3.37. The second-order valence-electron chi connectivity index (χ2n) is 6.30. The van der Waals surface area contributed by atoms with Crippen molar-refractivity contribution in [2.45, 2.75) is 65.2 Å². The predicted molar refractivity (Wildman–Crippen MR) is 74.2 cm³/mol. The maximum Gasteiger partial charge on any atom is 0.185 e. The zero-order chi connectivity index (χ0) is 12.3. The summed E-state index contributed by atoms with van der Waals surface area (Å²) in [6.07, 6.45) is 0.967. The van der Waals surface area contributed by atoms with Crippen LogP contribution >= 0.6 is 0 Å². The van der Waals surface area contributed by atoms with Gasteiger partial charge in [0, 0.05) is 0 Å². The summed E-state index contributed by atoms with van der Waals surface area (Å²) in [6, 6.07) is 0. The molecule has 1 unspecified atom stereocenters. The van der Waals surface area contributed by atoms with Gasteiger partial charge >= 0.3 is 0 Å². The number of rotatable bonds is 3. The van der Waals surface area contributed by atoms with Crippen LogP contribution < -0.4 is 0 Å². The molecule has 0 N–H and O–H groups in total. The van der Waals surface area contributed by atoms with Crippen LogP contribution in [0.1, 0.15) is 20.3 Å². The molecule has 0 aromatic heterocycles. The van der Waals surface area contributed by atoms with Crippen molar-refractivity contribution in [3.05, 3.63) is 0 Å². The molecule has 0 saturated carbocycles. The van der Waals surface area contributed by atoms with E-state index in [-0.39, 0.29) is 5.60 Å². The summed E-state index contributed by atoms with van der Waals surface area (Å²) >= 11 is 0. The smallest absolute Gasteiger partial charge is 0.185 e. The van der Waals surface area contributed by atoms with Crippen LogP contribution in [-0.4, -0.2) is 22.0 Å². The van der Waals surface area contributed by atoms with E-state index in [0.29, 0.717) is 0 Å². The molecule has 88 valence electrons. The normalized spacial score (nSPS) is 16.5. The minimum atomic E-state index is -1.50. The third-order valence-electron chi connectivity index (χ3n) is 1.91. The molecule has 0 heterocycles. The monoisotopic (exact) mass is 242 g/mol. The SMILES string of the molecule is CCC(C)(C#C[Si](C)(C)C)O[Si](C)(C)C. The van der Waals surface area contributed by atoms with E-state index < -0.39 is 16.4 Å². The Labute approximate surface area is 97.8 Å². The van der Waals surface area contributed by atoms with Gasteiger partial charge in [0.1, 0.15) is 13.7 Å². The fourth-order valence-corrected chi connectivity index (χ4v) is 3.37. The van der Waals surface area contributed by atoms with E-state index >= 15 is 0 Å². The van der Waals surface area contributed by atoms with Crippen molar-refractivity contribution in [1.82, 2.24) is 0 Å². The Bertz CT molecular complexity index is 262. The van der Waals surface area contributed by atoms with Crippen molar-refractivity contribution in [3.63, 3.8) is 0 Å². The van der Waals surface area contributed by atoms with Gasteiger partial charge in [-0.3, -0.25) is 0 Å². The van der Waals surface area contributed by atoms with Crippen molar-refractivity contribution in [1.29, 1.82) is 0 Å². The minimum Gasteiger partial charge on any atom is -0.402 e. The van der Waals surface area contributed by atoms with Crippen molar-refractivity contribution < 1.29 is 4.43 Å². The Kier molecular flexibility index (Phi) is 4.84. The van der Waals surface area contributed by atoms with Crippen molar-refractivity contribution in [2.24, 2.45) is 0 Å². The van der Waals surface area contributed by atoms with Crippen molar-refractivity contribution >= 4 is 16.4 Å². The molecule has 1 atom stereocenters. The lowest BCUT2D eigenvalue weighted by Gasteiger charge is -2.31. The van der Waals surface area contributed by atoms with E-state index in [0.717, 1.165) is 6.42 Å². The Morgan fingerprint density at radius 3 is 1.80 bits per heavy atom. The lowest BCUT2D eigenvalue weighted by Crippen LogP contribution is -2.39. The molecule has 0 radical (unpaired) electrons. The van der Waals surface area contributed by atoms with Crippen LogP contribution in [0.5, 0.6) is 0 Å². The van der Waals surface area contributed by atoms with Crippen LogP contribution in [0.25, 0.3) is 0 Å². The molecule has 0 aromatic carbocycles. The van der Waals surface area contributed by atoms with Crippen LogP contribution in [0.15, 0.2) is 0 Å². The van der Waals surface area contributed by atoms with Gasteiger partial charge < -0.3 is 4.43 Å². The van der Waals surface area contributed by atoms with E-state index in [9.17, 15) is 0 Å². The lowest BCUT2D eigenvalue weighted by atomic mass is 10.1.